The third-order valence-corrected chi connectivity index (χ3v) is 6.19. The minimum absolute atomic E-state index is 0.300. The molecule has 0 atom stereocenters. The zero-order chi connectivity index (χ0) is 26.9. The van der Waals surface area contributed by atoms with E-state index in [9.17, 15) is 9.13 Å². The van der Waals surface area contributed by atoms with Gasteiger partial charge in [-0.3, -0.25) is 27.1 Å². The lowest BCUT2D eigenvalue weighted by Crippen LogP contribution is -2.10. The fraction of sp³-hybridized carbons (Fsp3) is 1.00. The van der Waals surface area contributed by atoms with Crippen molar-refractivity contribution in [3.05, 3.63) is 0 Å². The number of phosphoric acid groups is 2. The van der Waals surface area contributed by atoms with Gasteiger partial charge in [0.05, 0.1) is 39.6 Å². The summed E-state index contributed by atoms with van der Waals surface area (Å²) in [6.45, 7) is 26.2. The highest BCUT2D eigenvalue weighted by Gasteiger charge is 2.28. The van der Waals surface area contributed by atoms with Gasteiger partial charge in [0.15, 0.2) is 0 Å². The fourth-order valence-electron chi connectivity index (χ4n) is 1.67. The van der Waals surface area contributed by atoms with Crippen LogP contribution in [0.2, 0.25) is 0 Å². The van der Waals surface area contributed by atoms with E-state index < -0.39 is 15.6 Å². The molecule has 0 fully saturated rings. The molecule has 0 rings (SSSR count). The summed E-state index contributed by atoms with van der Waals surface area (Å²) in [5.74, 6) is 1.80. The van der Waals surface area contributed by atoms with Crippen molar-refractivity contribution in [3.63, 3.8) is 0 Å². The summed E-state index contributed by atoms with van der Waals surface area (Å²) in [5.41, 5.74) is 0. The average Bonchev–Trinajstić information content (AvgIpc) is 2.71. The van der Waals surface area contributed by atoms with Gasteiger partial charge in [0.25, 0.3) is 0 Å². The van der Waals surface area contributed by atoms with Crippen LogP contribution in [0.3, 0.4) is 0 Å². The predicted octanol–water partition coefficient (Wildman–Crippen LogP) is 8.22. The van der Waals surface area contributed by atoms with Crippen molar-refractivity contribution in [2.45, 2.75) is 83.1 Å². The highest BCUT2D eigenvalue weighted by molar-refractivity contribution is 7.48. The first-order chi connectivity index (χ1) is 15.5. The summed E-state index contributed by atoms with van der Waals surface area (Å²) in [4.78, 5) is 0. The summed E-state index contributed by atoms with van der Waals surface area (Å²) in [6, 6.07) is 0. The third kappa shape index (κ3) is 23.9. The summed E-state index contributed by atoms with van der Waals surface area (Å²) in [5, 5.41) is 0. The average molecular weight is 533 g/mol. The molecule has 0 radical (unpaired) electrons. The van der Waals surface area contributed by atoms with E-state index in [-0.39, 0.29) is 0 Å². The molecule has 0 unspecified atom stereocenters. The SMILES string of the molecule is CC(C)COP(=O)(OCC(C)C)OCC(C)C.CC(C)COP(=O)(OCC(C)C)OCC(C)C. The van der Waals surface area contributed by atoms with Crippen LogP contribution in [0.15, 0.2) is 0 Å². The fourth-order valence-corrected chi connectivity index (χ4v) is 5.00. The highest BCUT2D eigenvalue weighted by Crippen LogP contribution is 2.51. The Hall–Kier alpha value is 0.220. The molecule has 0 aromatic carbocycles. The minimum atomic E-state index is -3.38. The van der Waals surface area contributed by atoms with Crippen LogP contribution in [-0.4, -0.2) is 39.6 Å². The lowest BCUT2D eigenvalue weighted by atomic mass is 10.2. The largest absolute Gasteiger partial charge is 0.474 e. The lowest BCUT2D eigenvalue weighted by molar-refractivity contribution is 0.0875. The van der Waals surface area contributed by atoms with Crippen LogP contribution in [0.25, 0.3) is 0 Å². The first kappa shape index (κ1) is 36.4. The maximum atomic E-state index is 12.3. The number of hydrogen-bond donors (Lipinski definition) is 0. The molecule has 34 heavy (non-hydrogen) atoms. The minimum Gasteiger partial charge on any atom is -0.287 e. The predicted molar refractivity (Wildman–Crippen MR) is 140 cm³/mol. The highest BCUT2D eigenvalue weighted by atomic mass is 31.2. The Balaban J connectivity index is 0. The Morgan fingerprint density at radius 2 is 0.471 bits per heavy atom. The van der Waals surface area contributed by atoms with Crippen molar-refractivity contribution in [3.8, 4) is 0 Å². The summed E-state index contributed by atoms with van der Waals surface area (Å²) in [7, 11) is -6.76. The maximum absolute atomic E-state index is 12.3. The van der Waals surface area contributed by atoms with Crippen LogP contribution < -0.4 is 0 Å². The van der Waals surface area contributed by atoms with Gasteiger partial charge < -0.3 is 0 Å². The van der Waals surface area contributed by atoms with E-state index in [1.54, 1.807) is 0 Å². The molecule has 8 nitrogen and oxygen atoms in total. The Kier molecular flexibility index (Phi) is 20.7. The molecule has 10 heteroatoms. The van der Waals surface area contributed by atoms with Gasteiger partial charge in [0, 0.05) is 0 Å². The summed E-state index contributed by atoms with van der Waals surface area (Å²) >= 11 is 0. The number of hydrogen-bond acceptors (Lipinski definition) is 8. The molecule has 0 heterocycles. The topological polar surface area (TPSA) is 89.5 Å². The molecule has 0 saturated carbocycles. The second-order valence-electron chi connectivity index (χ2n) is 11.0. The van der Waals surface area contributed by atoms with Gasteiger partial charge in [0.2, 0.25) is 0 Å². The van der Waals surface area contributed by atoms with E-state index in [0.29, 0.717) is 75.1 Å². The van der Waals surface area contributed by atoms with Crippen LogP contribution in [0, 0.1) is 35.5 Å². The third-order valence-electron chi connectivity index (χ3n) is 3.40. The molecule has 0 aromatic rings. The van der Waals surface area contributed by atoms with Crippen LogP contribution >= 0.6 is 15.6 Å². The molecule has 0 aliphatic rings. The Bertz CT molecular complexity index is 451. The quantitative estimate of drug-likeness (QED) is 0.163. The van der Waals surface area contributed by atoms with Crippen molar-refractivity contribution in [2.75, 3.05) is 39.6 Å². The van der Waals surface area contributed by atoms with E-state index >= 15 is 0 Å². The van der Waals surface area contributed by atoms with Gasteiger partial charge in [-0.15, -0.1) is 0 Å². The summed E-state index contributed by atoms with van der Waals surface area (Å²) < 4.78 is 56.3. The van der Waals surface area contributed by atoms with Crippen molar-refractivity contribution < 1.29 is 36.3 Å². The zero-order valence-electron chi connectivity index (χ0n) is 23.9. The molecule has 0 amide bonds. The van der Waals surface area contributed by atoms with E-state index in [1.165, 1.54) is 0 Å². The first-order valence-corrected chi connectivity index (χ1v) is 15.5. The Morgan fingerprint density at radius 1 is 0.353 bits per heavy atom. The summed E-state index contributed by atoms with van der Waals surface area (Å²) in [6.07, 6.45) is 0. The molecule has 0 saturated heterocycles. The first-order valence-electron chi connectivity index (χ1n) is 12.6. The van der Waals surface area contributed by atoms with Gasteiger partial charge in [0.1, 0.15) is 0 Å². The molecule has 0 aromatic heterocycles. The van der Waals surface area contributed by atoms with E-state index in [4.69, 9.17) is 27.1 Å². The molecule has 0 aliphatic heterocycles. The van der Waals surface area contributed by atoms with Gasteiger partial charge in [-0.1, -0.05) is 83.1 Å². The van der Waals surface area contributed by atoms with Crippen LogP contribution in [0.5, 0.6) is 0 Å². The van der Waals surface area contributed by atoms with Crippen LogP contribution in [-0.2, 0) is 36.3 Å². The van der Waals surface area contributed by atoms with Crippen molar-refractivity contribution in [2.24, 2.45) is 35.5 Å². The van der Waals surface area contributed by atoms with E-state index in [2.05, 4.69) is 0 Å². The maximum Gasteiger partial charge on any atom is 0.474 e. The van der Waals surface area contributed by atoms with Gasteiger partial charge >= 0.3 is 15.6 Å². The number of rotatable bonds is 18. The second kappa shape index (κ2) is 19.3. The molecular weight excluding hydrogens is 478 g/mol. The Labute approximate surface area is 210 Å². The van der Waals surface area contributed by atoms with Crippen LogP contribution in [0.1, 0.15) is 83.1 Å². The molecule has 0 N–H and O–H groups in total. The normalized spacial score (nSPS) is 13.0. The number of phosphoric ester groups is 2. The molecule has 0 spiro atoms. The van der Waals surface area contributed by atoms with Gasteiger partial charge in [-0.2, -0.15) is 0 Å². The monoisotopic (exact) mass is 532 g/mol. The van der Waals surface area contributed by atoms with Crippen molar-refractivity contribution >= 4 is 15.6 Å². The van der Waals surface area contributed by atoms with Crippen molar-refractivity contribution in [1.29, 1.82) is 0 Å². The van der Waals surface area contributed by atoms with E-state index in [0.717, 1.165) is 0 Å². The van der Waals surface area contributed by atoms with Crippen LogP contribution in [0.4, 0.5) is 0 Å². The zero-order valence-corrected chi connectivity index (χ0v) is 25.7. The molecule has 0 bridgehead atoms. The molecule has 208 valence electrons. The lowest BCUT2D eigenvalue weighted by Gasteiger charge is -2.20. The second-order valence-corrected chi connectivity index (χ2v) is 14.4. The van der Waals surface area contributed by atoms with E-state index in [1.807, 2.05) is 83.1 Å². The standard InChI is InChI=1S/2C12H27O4P/c2*1-10(2)7-14-17(13,15-8-11(3)4)16-9-12(5)6/h2*10-12H,7-9H2,1-6H3. The van der Waals surface area contributed by atoms with Gasteiger partial charge in [-0.05, 0) is 35.5 Å². The molecule has 0 aliphatic carbocycles. The van der Waals surface area contributed by atoms with Gasteiger partial charge in [-0.25, -0.2) is 9.13 Å². The van der Waals surface area contributed by atoms with Crippen molar-refractivity contribution in [1.82, 2.24) is 0 Å². The smallest absolute Gasteiger partial charge is 0.287 e. The Morgan fingerprint density at radius 3 is 0.559 bits per heavy atom. The molecular formula is C24H54O8P2.